The van der Waals surface area contributed by atoms with Gasteiger partial charge < -0.3 is 9.88 Å². The first-order valence-electron chi connectivity index (χ1n) is 9.58. The molecule has 0 saturated carbocycles. The maximum Gasteiger partial charge on any atom is 0.217 e. The van der Waals surface area contributed by atoms with Gasteiger partial charge in [-0.3, -0.25) is 9.69 Å². The Morgan fingerprint density at radius 3 is 2.78 bits per heavy atom. The molecule has 0 radical (unpaired) electrons. The number of fused-ring (bicyclic) bond motifs is 1. The second-order valence-corrected chi connectivity index (χ2v) is 8.10. The SMILES string of the molecule is CC(=O)N[C@H](CC(C)C)c1nnc2n1CCN(Cc1cccc(Cl)c1)CC2. The molecule has 0 aliphatic carbocycles. The summed E-state index contributed by atoms with van der Waals surface area (Å²) in [7, 11) is 0. The van der Waals surface area contributed by atoms with Crippen molar-refractivity contribution < 1.29 is 4.79 Å². The van der Waals surface area contributed by atoms with E-state index in [2.05, 4.69) is 44.9 Å². The third-order valence-electron chi connectivity index (χ3n) is 4.84. The molecular formula is C20H28ClN5O. The van der Waals surface area contributed by atoms with Crippen molar-refractivity contribution >= 4 is 17.5 Å². The Bertz CT molecular complexity index is 788. The molecule has 1 aromatic carbocycles. The highest BCUT2D eigenvalue weighted by atomic mass is 35.5. The molecule has 1 atom stereocenters. The molecule has 27 heavy (non-hydrogen) atoms. The zero-order chi connectivity index (χ0) is 19.4. The highest BCUT2D eigenvalue weighted by molar-refractivity contribution is 6.30. The Labute approximate surface area is 165 Å². The largest absolute Gasteiger partial charge is 0.346 e. The first-order valence-corrected chi connectivity index (χ1v) is 9.96. The fourth-order valence-electron chi connectivity index (χ4n) is 3.64. The molecule has 1 N–H and O–H groups in total. The molecule has 1 aliphatic heterocycles. The Morgan fingerprint density at radius 2 is 2.07 bits per heavy atom. The lowest BCUT2D eigenvalue weighted by Crippen LogP contribution is -2.31. The molecule has 0 fully saturated rings. The Morgan fingerprint density at radius 1 is 1.26 bits per heavy atom. The second-order valence-electron chi connectivity index (χ2n) is 7.66. The van der Waals surface area contributed by atoms with Crippen LogP contribution in [-0.2, 0) is 24.3 Å². The fourth-order valence-corrected chi connectivity index (χ4v) is 3.86. The molecule has 3 rings (SSSR count). The van der Waals surface area contributed by atoms with Gasteiger partial charge in [-0.15, -0.1) is 10.2 Å². The van der Waals surface area contributed by atoms with Crippen LogP contribution in [0.5, 0.6) is 0 Å². The third kappa shape index (κ3) is 5.30. The van der Waals surface area contributed by atoms with Gasteiger partial charge >= 0.3 is 0 Å². The zero-order valence-electron chi connectivity index (χ0n) is 16.3. The lowest BCUT2D eigenvalue weighted by atomic mass is 10.0. The van der Waals surface area contributed by atoms with Crippen molar-refractivity contribution in [3.8, 4) is 0 Å². The fraction of sp³-hybridized carbons (Fsp3) is 0.550. The monoisotopic (exact) mass is 389 g/mol. The van der Waals surface area contributed by atoms with Crippen molar-refractivity contribution in [3.05, 3.63) is 46.5 Å². The van der Waals surface area contributed by atoms with E-state index in [0.29, 0.717) is 5.92 Å². The predicted molar refractivity (Wildman–Crippen MR) is 106 cm³/mol. The number of amides is 1. The lowest BCUT2D eigenvalue weighted by molar-refractivity contribution is -0.119. The summed E-state index contributed by atoms with van der Waals surface area (Å²) >= 11 is 6.11. The number of benzene rings is 1. The van der Waals surface area contributed by atoms with E-state index in [9.17, 15) is 4.79 Å². The molecule has 1 aliphatic rings. The van der Waals surface area contributed by atoms with Gasteiger partial charge in [-0.1, -0.05) is 37.6 Å². The van der Waals surface area contributed by atoms with Gasteiger partial charge in [-0.25, -0.2) is 0 Å². The van der Waals surface area contributed by atoms with Gasteiger partial charge in [0.2, 0.25) is 5.91 Å². The number of halogens is 1. The maximum atomic E-state index is 11.7. The van der Waals surface area contributed by atoms with Crippen LogP contribution in [0.4, 0.5) is 0 Å². The van der Waals surface area contributed by atoms with Crippen LogP contribution in [0.15, 0.2) is 24.3 Å². The number of hydrogen-bond acceptors (Lipinski definition) is 4. The predicted octanol–water partition coefficient (Wildman–Crippen LogP) is 3.21. The minimum atomic E-state index is -0.0942. The van der Waals surface area contributed by atoms with Crippen molar-refractivity contribution in [2.75, 3.05) is 13.1 Å². The Balaban J connectivity index is 1.73. The topological polar surface area (TPSA) is 63.1 Å². The van der Waals surface area contributed by atoms with Gasteiger partial charge in [-0.2, -0.15) is 0 Å². The first-order chi connectivity index (χ1) is 12.9. The van der Waals surface area contributed by atoms with E-state index < -0.39 is 0 Å². The average Bonchev–Trinajstić information content (AvgIpc) is 2.89. The molecule has 0 saturated heterocycles. The van der Waals surface area contributed by atoms with Crippen LogP contribution >= 0.6 is 11.6 Å². The number of rotatable bonds is 6. The summed E-state index contributed by atoms with van der Waals surface area (Å²) in [6.45, 7) is 9.41. The standard InChI is InChI=1S/C20H28ClN5O/c1-14(2)11-18(22-15(3)27)20-24-23-19-7-8-25(9-10-26(19)20)13-16-5-4-6-17(21)12-16/h4-6,12,14,18H,7-11,13H2,1-3H3,(H,22,27)/t18-/m1/s1. The molecule has 7 heteroatoms. The van der Waals surface area contributed by atoms with Crippen LogP contribution < -0.4 is 5.32 Å². The minimum absolute atomic E-state index is 0.0331. The highest BCUT2D eigenvalue weighted by Crippen LogP contribution is 2.23. The molecule has 146 valence electrons. The number of carbonyl (C=O) groups excluding carboxylic acids is 1. The van der Waals surface area contributed by atoms with Crippen LogP contribution in [0.2, 0.25) is 5.02 Å². The molecule has 2 aromatic rings. The van der Waals surface area contributed by atoms with E-state index in [1.807, 2.05) is 18.2 Å². The van der Waals surface area contributed by atoms with Crippen molar-refractivity contribution in [2.45, 2.75) is 52.7 Å². The second kappa shape index (κ2) is 8.85. The summed E-state index contributed by atoms with van der Waals surface area (Å²) in [5.41, 5.74) is 1.22. The summed E-state index contributed by atoms with van der Waals surface area (Å²) in [6, 6.07) is 7.93. The lowest BCUT2D eigenvalue weighted by Gasteiger charge is -2.22. The van der Waals surface area contributed by atoms with Crippen molar-refractivity contribution in [1.82, 2.24) is 25.0 Å². The number of aromatic nitrogens is 3. The van der Waals surface area contributed by atoms with Gasteiger partial charge in [0, 0.05) is 44.5 Å². The smallest absolute Gasteiger partial charge is 0.217 e. The zero-order valence-corrected chi connectivity index (χ0v) is 17.0. The summed E-state index contributed by atoms with van der Waals surface area (Å²) in [5, 5.41) is 12.7. The molecule has 6 nitrogen and oxygen atoms in total. The van der Waals surface area contributed by atoms with Gasteiger partial charge in [0.15, 0.2) is 5.82 Å². The summed E-state index contributed by atoms with van der Waals surface area (Å²) in [5.74, 6) is 2.30. The van der Waals surface area contributed by atoms with Gasteiger partial charge in [0.05, 0.1) is 6.04 Å². The van der Waals surface area contributed by atoms with Gasteiger partial charge in [-0.05, 0) is 30.0 Å². The summed E-state index contributed by atoms with van der Waals surface area (Å²) in [4.78, 5) is 14.1. The molecule has 0 spiro atoms. The van der Waals surface area contributed by atoms with E-state index >= 15 is 0 Å². The quantitative estimate of drug-likeness (QED) is 0.823. The number of hydrogen-bond donors (Lipinski definition) is 1. The summed E-state index contributed by atoms with van der Waals surface area (Å²) < 4.78 is 2.20. The Hall–Kier alpha value is -1.92. The average molecular weight is 390 g/mol. The number of nitrogens with zero attached hydrogens (tertiary/aromatic N) is 4. The van der Waals surface area contributed by atoms with Crippen LogP contribution in [0.1, 0.15) is 50.4 Å². The van der Waals surface area contributed by atoms with Crippen LogP contribution in [0, 0.1) is 5.92 Å². The van der Waals surface area contributed by atoms with Crippen LogP contribution in [-0.4, -0.2) is 38.7 Å². The van der Waals surface area contributed by atoms with Crippen molar-refractivity contribution in [3.63, 3.8) is 0 Å². The van der Waals surface area contributed by atoms with Gasteiger partial charge in [0.25, 0.3) is 0 Å². The first kappa shape index (κ1) is 19.8. The van der Waals surface area contributed by atoms with E-state index in [4.69, 9.17) is 11.6 Å². The molecule has 1 aromatic heterocycles. The van der Waals surface area contributed by atoms with Crippen LogP contribution in [0.3, 0.4) is 0 Å². The summed E-state index contributed by atoms with van der Waals surface area (Å²) in [6.07, 6.45) is 1.70. The van der Waals surface area contributed by atoms with Gasteiger partial charge in [0.1, 0.15) is 5.82 Å². The van der Waals surface area contributed by atoms with Crippen LogP contribution in [0.25, 0.3) is 0 Å². The normalized spacial score (nSPS) is 16.0. The van der Waals surface area contributed by atoms with E-state index in [1.165, 1.54) is 5.56 Å². The molecule has 1 amide bonds. The molecule has 0 bridgehead atoms. The third-order valence-corrected chi connectivity index (χ3v) is 5.07. The van der Waals surface area contributed by atoms with E-state index in [0.717, 1.165) is 55.7 Å². The number of nitrogens with one attached hydrogen (secondary N) is 1. The molecular weight excluding hydrogens is 362 g/mol. The number of carbonyl (C=O) groups is 1. The maximum absolute atomic E-state index is 11.7. The van der Waals surface area contributed by atoms with E-state index in [-0.39, 0.29) is 11.9 Å². The highest BCUT2D eigenvalue weighted by Gasteiger charge is 2.25. The van der Waals surface area contributed by atoms with E-state index in [1.54, 1.807) is 6.92 Å². The molecule has 0 unspecified atom stereocenters. The minimum Gasteiger partial charge on any atom is -0.346 e. The Kier molecular flexibility index (Phi) is 6.50. The van der Waals surface area contributed by atoms with Crippen molar-refractivity contribution in [1.29, 1.82) is 0 Å². The molecule has 2 heterocycles. The van der Waals surface area contributed by atoms with Crippen molar-refractivity contribution in [2.24, 2.45) is 5.92 Å².